The molecule has 1 aliphatic rings. The number of nitrogens with two attached hydrogens (primary N) is 1. The highest BCUT2D eigenvalue weighted by molar-refractivity contribution is 5.94. The first-order chi connectivity index (χ1) is 10.0. The van der Waals surface area contributed by atoms with E-state index < -0.39 is 11.4 Å². The summed E-state index contributed by atoms with van der Waals surface area (Å²) in [5.74, 6) is 4.39. The Morgan fingerprint density at radius 3 is 3.00 bits per heavy atom. The summed E-state index contributed by atoms with van der Waals surface area (Å²) in [4.78, 5) is 12.2. The zero-order valence-electron chi connectivity index (χ0n) is 12.0. The van der Waals surface area contributed by atoms with E-state index in [-0.39, 0.29) is 23.6 Å². The van der Waals surface area contributed by atoms with Gasteiger partial charge in [0.25, 0.3) is 5.91 Å². The number of nitrogens with one attached hydrogen (secondary N) is 1. The van der Waals surface area contributed by atoms with E-state index in [2.05, 4.69) is 17.2 Å². The molecule has 112 valence electrons. The van der Waals surface area contributed by atoms with Crippen LogP contribution in [0.2, 0.25) is 0 Å². The quantitative estimate of drug-likeness (QED) is 0.810. The van der Waals surface area contributed by atoms with Gasteiger partial charge in [0.2, 0.25) is 0 Å². The maximum absolute atomic E-state index is 13.9. The van der Waals surface area contributed by atoms with Crippen LogP contribution in [0, 0.1) is 17.7 Å². The molecule has 1 aromatic rings. The zero-order valence-corrected chi connectivity index (χ0v) is 12.0. The fourth-order valence-corrected chi connectivity index (χ4v) is 2.28. The summed E-state index contributed by atoms with van der Waals surface area (Å²) in [6.45, 7) is 3.29. The molecule has 4 nitrogen and oxygen atoms in total. The Hall–Kier alpha value is -1.90. The van der Waals surface area contributed by atoms with Crippen LogP contribution in [0.15, 0.2) is 18.2 Å². The minimum absolute atomic E-state index is 0.167. The molecule has 1 fully saturated rings. The Morgan fingerprint density at radius 1 is 1.57 bits per heavy atom. The van der Waals surface area contributed by atoms with Gasteiger partial charge in [-0.1, -0.05) is 11.8 Å². The third-order valence-electron chi connectivity index (χ3n) is 3.41. The average molecular weight is 290 g/mol. The maximum atomic E-state index is 13.9. The van der Waals surface area contributed by atoms with E-state index in [9.17, 15) is 9.18 Å². The number of halogens is 1. The van der Waals surface area contributed by atoms with Crippen molar-refractivity contribution in [2.24, 2.45) is 5.73 Å². The van der Waals surface area contributed by atoms with Gasteiger partial charge in [0.15, 0.2) is 0 Å². The smallest absolute Gasteiger partial charge is 0.251 e. The van der Waals surface area contributed by atoms with Gasteiger partial charge in [-0.15, -0.1) is 0 Å². The summed E-state index contributed by atoms with van der Waals surface area (Å²) in [6, 6.07) is 4.25. The van der Waals surface area contributed by atoms with Crippen LogP contribution in [-0.2, 0) is 4.74 Å². The number of hydrogen-bond donors (Lipinski definition) is 2. The largest absolute Gasteiger partial charge is 0.379 e. The van der Waals surface area contributed by atoms with Gasteiger partial charge in [0.05, 0.1) is 24.3 Å². The van der Waals surface area contributed by atoms with Crippen molar-refractivity contribution < 1.29 is 13.9 Å². The molecule has 3 N–H and O–H groups in total. The van der Waals surface area contributed by atoms with Crippen molar-refractivity contribution in [1.82, 2.24) is 5.32 Å². The van der Waals surface area contributed by atoms with Crippen molar-refractivity contribution in [3.8, 4) is 11.8 Å². The van der Waals surface area contributed by atoms with E-state index >= 15 is 0 Å². The molecule has 1 amide bonds. The third-order valence-corrected chi connectivity index (χ3v) is 3.41. The van der Waals surface area contributed by atoms with Crippen LogP contribution in [0.5, 0.6) is 0 Å². The van der Waals surface area contributed by atoms with Crippen LogP contribution in [0.4, 0.5) is 4.39 Å². The lowest BCUT2D eigenvalue weighted by Gasteiger charge is -2.34. The van der Waals surface area contributed by atoms with Gasteiger partial charge in [-0.05, 0) is 38.0 Å². The van der Waals surface area contributed by atoms with E-state index in [1.54, 1.807) is 6.07 Å². The van der Waals surface area contributed by atoms with Crippen molar-refractivity contribution in [2.75, 3.05) is 19.8 Å². The van der Waals surface area contributed by atoms with E-state index in [1.165, 1.54) is 12.1 Å². The maximum Gasteiger partial charge on any atom is 0.251 e. The molecule has 0 radical (unpaired) electrons. The molecule has 0 spiro atoms. The highest BCUT2D eigenvalue weighted by atomic mass is 19.1. The van der Waals surface area contributed by atoms with Crippen LogP contribution in [0.3, 0.4) is 0 Å². The number of carbonyl (C=O) groups excluding carboxylic acids is 1. The molecule has 2 rings (SSSR count). The number of ether oxygens (including phenoxy) is 1. The standard InChI is InChI=1S/C16H19FN2O2/c1-16(7-3-9-21-11-16)19-15(20)13-6-5-12(4-2-8-18)14(17)10-13/h5-6,10H,3,7-9,11,18H2,1H3,(H,19,20). The minimum Gasteiger partial charge on any atom is -0.379 e. The summed E-state index contributed by atoms with van der Waals surface area (Å²) in [6.07, 6.45) is 1.75. The van der Waals surface area contributed by atoms with E-state index in [1.807, 2.05) is 6.92 Å². The normalized spacial score (nSPS) is 21.3. The summed E-state index contributed by atoms with van der Waals surface area (Å²) in [5, 5.41) is 2.91. The number of rotatable bonds is 2. The van der Waals surface area contributed by atoms with Crippen molar-refractivity contribution in [2.45, 2.75) is 25.3 Å². The summed E-state index contributed by atoms with van der Waals surface area (Å²) in [5.41, 5.74) is 5.37. The fourth-order valence-electron chi connectivity index (χ4n) is 2.28. The molecule has 0 saturated carbocycles. The lowest BCUT2D eigenvalue weighted by atomic mass is 9.94. The van der Waals surface area contributed by atoms with E-state index in [0.29, 0.717) is 13.2 Å². The molecular weight excluding hydrogens is 271 g/mol. The number of amides is 1. The molecule has 5 heteroatoms. The van der Waals surface area contributed by atoms with Crippen molar-refractivity contribution in [1.29, 1.82) is 0 Å². The Labute approximate surface area is 123 Å². The summed E-state index contributed by atoms with van der Waals surface area (Å²) >= 11 is 0. The van der Waals surface area contributed by atoms with Gasteiger partial charge in [-0.2, -0.15) is 0 Å². The highest BCUT2D eigenvalue weighted by Gasteiger charge is 2.29. The first-order valence-corrected chi connectivity index (χ1v) is 6.93. The Morgan fingerprint density at radius 2 is 2.38 bits per heavy atom. The number of hydrogen-bond acceptors (Lipinski definition) is 3. The summed E-state index contributed by atoms with van der Waals surface area (Å²) in [7, 11) is 0. The second kappa shape index (κ2) is 6.70. The highest BCUT2D eigenvalue weighted by Crippen LogP contribution is 2.19. The fraction of sp³-hybridized carbons (Fsp3) is 0.438. The van der Waals surface area contributed by atoms with Crippen molar-refractivity contribution in [3.05, 3.63) is 35.1 Å². The second-order valence-corrected chi connectivity index (χ2v) is 5.37. The van der Waals surface area contributed by atoms with E-state index in [0.717, 1.165) is 12.8 Å². The monoisotopic (exact) mass is 290 g/mol. The predicted molar refractivity (Wildman–Crippen MR) is 78.3 cm³/mol. The van der Waals surface area contributed by atoms with Gasteiger partial charge in [0.1, 0.15) is 5.82 Å². The molecule has 1 unspecified atom stereocenters. The summed E-state index contributed by atoms with van der Waals surface area (Å²) < 4.78 is 19.2. The zero-order chi connectivity index (χ0) is 15.3. The Balaban J connectivity index is 2.11. The van der Waals surface area contributed by atoms with Crippen LogP contribution in [0.1, 0.15) is 35.7 Å². The van der Waals surface area contributed by atoms with Crippen molar-refractivity contribution in [3.63, 3.8) is 0 Å². The molecule has 0 aromatic heterocycles. The molecule has 21 heavy (non-hydrogen) atoms. The predicted octanol–water partition coefficient (Wildman–Crippen LogP) is 1.43. The van der Waals surface area contributed by atoms with E-state index in [4.69, 9.17) is 10.5 Å². The van der Waals surface area contributed by atoms with Crippen LogP contribution in [-0.4, -0.2) is 31.2 Å². The Bertz CT molecular complexity index is 584. The van der Waals surface area contributed by atoms with Crippen LogP contribution in [0.25, 0.3) is 0 Å². The van der Waals surface area contributed by atoms with Gasteiger partial charge < -0.3 is 15.8 Å². The van der Waals surface area contributed by atoms with Gasteiger partial charge in [-0.25, -0.2) is 4.39 Å². The molecule has 1 heterocycles. The van der Waals surface area contributed by atoms with Gasteiger partial charge in [0, 0.05) is 12.2 Å². The second-order valence-electron chi connectivity index (χ2n) is 5.37. The van der Waals surface area contributed by atoms with Crippen molar-refractivity contribution >= 4 is 5.91 Å². The molecule has 1 aliphatic heterocycles. The molecule has 1 saturated heterocycles. The van der Waals surface area contributed by atoms with Gasteiger partial charge >= 0.3 is 0 Å². The first kappa shape index (κ1) is 15.5. The molecule has 1 aromatic carbocycles. The number of benzene rings is 1. The topological polar surface area (TPSA) is 64.4 Å². The molecular formula is C16H19FN2O2. The van der Waals surface area contributed by atoms with Crippen LogP contribution < -0.4 is 11.1 Å². The number of carbonyl (C=O) groups is 1. The third kappa shape index (κ3) is 4.03. The van der Waals surface area contributed by atoms with Gasteiger partial charge in [-0.3, -0.25) is 4.79 Å². The molecule has 0 aliphatic carbocycles. The lowest BCUT2D eigenvalue weighted by Crippen LogP contribution is -2.51. The molecule has 1 atom stereocenters. The Kier molecular flexibility index (Phi) is 4.94. The van der Waals surface area contributed by atoms with Crippen LogP contribution >= 0.6 is 0 Å². The lowest BCUT2D eigenvalue weighted by molar-refractivity contribution is 0.0272. The first-order valence-electron chi connectivity index (χ1n) is 6.93. The SMILES string of the molecule is CC1(NC(=O)c2ccc(C#CCN)c(F)c2)CCCOC1. The molecule has 0 bridgehead atoms. The minimum atomic E-state index is -0.520. The average Bonchev–Trinajstić information content (AvgIpc) is 2.46.